The van der Waals surface area contributed by atoms with E-state index < -0.39 is 23.8 Å². The summed E-state index contributed by atoms with van der Waals surface area (Å²) in [5.41, 5.74) is -0.694. The van der Waals surface area contributed by atoms with Crippen molar-refractivity contribution in [1.29, 1.82) is 0 Å². The van der Waals surface area contributed by atoms with Gasteiger partial charge in [-0.05, 0) is 39.3 Å². The molecule has 0 rings (SSSR count). The molecule has 0 aromatic heterocycles. The fraction of sp³-hybridized carbons (Fsp3) is 0.833. The molecule has 0 aliphatic carbocycles. The number of thioether (sulfide) groups is 1. The Balaban J connectivity index is 4.37. The first kappa shape index (κ1) is 18.4. The molecule has 2 atom stereocenters. The highest BCUT2D eigenvalue weighted by Gasteiger charge is 2.26. The van der Waals surface area contributed by atoms with Crippen molar-refractivity contribution >= 4 is 24.0 Å². The van der Waals surface area contributed by atoms with E-state index in [4.69, 9.17) is 5.11 Å². The number of carbonyl (C=O) groups excluding carboxylic acids is 1. The second kappa shape index (κ2) is 8.52. The van der Waals surface area contributed by atoms with Gasteiger partial charge in [-0.1, -0.05) is 0 Å². The number of carbonyl (C=O) groups is 2. The van der Waals surface area contributed by atoms with Crippen LogP contribution < -0.4 is 5.32 Å². The Morgan fingerprint density at radius 3 is 2.53 bits per heavy atom. The summed E-state index contributed by atoms with van der Waals surface area (Å²) < 4.78 is 0. The number of aliphatic hydroxyl groups excluding tert-OH is 1. The van der Waals surface area contributed by atoms with Crippen molar-refractivity contribution in [2.24, 2.45) is 0 Å². The number of carboxylic acids is 1. The number of nitrogens with one attached hydrogen (secondary N) is 1. The van der Waals surface area contributed by atoms with Gasteiger partial charge in [-0.3, -0.25) is 15.0 Å². The lowest BCUT2D eigenvalue weighted by molar-refractivity contribution is -0.141. The fourth-order valence-corrected chi connectivity index (χ4v) is 1.85. The van der Waals surface area contributed by atoms with E-state index in [0.29, 0.717) is 12.2 Å². The highest BCUT2D eigenvalue weighted by atomic mass is 32.2. The summed E-state index contributed by atoms with van der Waals surface area (Å²) in [4.78, 5) is 23.6. The van der Waals surface area contributed by atoms with Gasteiger partial charge in [-0.2, -0.15) is 11.8 Å². The number of aliphatic hydroxyl groups is 1. The summed E-state index contributed by atoms with van der Waals surface area (Å²) in [6.45, 7) is 3.64. The van der Waals surface area contributed by atoms with E-state index in [9.17, 15) is 14.7 Å². The molecule has 2 unspecified atom stereocenters. The van der Waals surface area contributed by atoms with Crippen molar-refractivity contribution in [1.82, 2.24) is 10.2 Å². The Hall–Kier alpha value is -0.630. The van der Waals surface area contributed by atoms with E-state index >= 15 is 0 Å². The summed E-state index contributed by atoms with van der Waals surface area (Å²) in [6.07, 6.45) is 2.14. The van der Waals surface area contributed by atoms with Gasteiger partial charge in [-0.15, -0.1) is 0 Å². The van der Waals surface area contributed by atoms with Crippen LogP contribution in [0.5, 0.6) is 0 Å². The summed E-state index contributed by atoms with van der Waals surface area (Å²) in [5.74, 6) is -0.280. The lowest BCUT2D eigenvalue weighted by Gasteiger charge is -2.32. The van der Waals surface area contributed by atoms with E-state index in [-0.39, 0.29) is 6.54 Å². The van der Waals surface area contributed by atoms with E-state index in [1.165, 1.54) is 0 Å². The van der Waals surface area contributed by atoms with Gasteiger partial charge in [0.15, 0.2) is 0 Å². The smallest absolute Gasteiger partial charge is 0.320 e. The van der Waals surface area contributed by atoms with Crippen LogP contribution in [0.1, 0.15) is 20.3 Å². The topological polar surface area (TPSA) is 89.9 Å². The standard InChI is InChI=1S/C12H24N2O4S/c1-12(2,8-15)14(3)7-10(16)13-9(11(17)18)5-6-19-4/h8-10,13,16H,5-7H2,1-4H3,(H,17,18). The third-order valence-corrected chi connectivity index (χ3v) is 3.67. The molecule has 0 saturated carbocycles. The summed E-state index contributed by atoms with van der Waals surface area (Å²) >= 11 is 1.55. The SMILES string of the molecule is CSCCC(NC(O)CN(C)C(C)(C)C=O)C(=O)O. The number of aliphatic carboxylic acids is 1. The molecule has 0 bridgehead atoms. The van der Waals surface area contributed by atoms with Crippen LogP contribution in [0.3, 0.4) is 0 Å². The molecule has 0 fully saturated rings. The van der Waals surface area contributed by atoms with Gasteiger partial charge < -0.3 is 15.0 Å². The van der Waals surface area contributed by atoms with Crippen LogP contribution in [0.25, 0.3) is 0 Å². The number of hydrogen-bond acceptors (Lipinski definition) is 6. The zero-order chi connectivity index (χ0) is 15.1. The number of rotatable bonds is 10. The third-order valence-electron chi connectivity index (χ3n) is 3.02. The monoisotopic (exact) mass is 292 g/mol. The molecule has 0 amide bonds. The van der Waals surface area contributed by atoms with Gasteiger partial charge in [0.1, 0.15) is 18.6 Å². The highest BCUT2D eigenvalue weighted by molar-refractivity contribution is 7.98. The van der Waals surface area contributed by atoms with E-state index in [2.05, 4.69) is 5.32 Å². The first-order valence-corrected chi connectivity index (χ1v) is 7.47. The van der Waals surface area contributed by atoms with Crippen LogP contribution in [-0.2, 0) is 9.59 Å². The minimum atomic E-state index is -0.993. The molecule has 0 heterocycles. The van der Waals surface area contributed by atoms with Gasteiger partial charge in [0.2, 0.25) is 0 Å². The van der Waals surface area contributed by atoms with Gasteiger partial charge in [0, 0.05) is 6.54 Å². The van der Waals surface area contributed by atoms with E-state index in [1.807, 2.05) is 6.26 Å². The van der Waals surface area contributed by atoms with Crippen LogP contribution in [0.2, 0.25) is 0 Å². The Morgan fingerprint density at radius 2 is 2.11 bits per heavy atom. The molecule has 7 heteroatoms. The van der Waals surface area contributed by atoms with Crippen LogP contribution in [0.4, 0.5) is 0 Å². The van der Waals surface area contributed by atoms with Crippen LogP contribution >= 0.6 is 11.8 Å². The molecule has 0 radical (unpaired) electrons. The number of β-amino-alcohol motifs (C(OH)–C–C–N with tert-alkyl or cyclic N) is 1. The van der Waals surface area contributed by atoms with Crippen molar-refractivity contribution in [2.75, 3.05) is 25.6 Å². The second-order valence-corrected chi connectivity index (χ2v) is 5.99. The highest BCUT2D eigenvalue weighted by Crippen LogP contribution is 2.09. The van der Waals surface area contributed by atoms with Crippen molar-refractivity contribution in [3.8, 4) is 0 Å². The molecule has 112 valence electrons. The number of aldehydes is 1. The Morgan fingerprint density at radius 1 is 1.53 bits per heavy atom. The lowest BCUT2D eigenvalue weighted by atomic mass is 10.1. The lowest BCUT2D eigenvalue weighted by Crippen LogP contribution is -2.52. The zero-order valence-electron chi connectivity index (χ0n) is 11.9. The Bertz CT molecular complexity index is 299. The number of likely N-dealkylation sites (N-methyl/N-ethyl adjacent to an activating group) is 1. The maximum Gasteiger partial charge on any atom is 0.320 e. The van der Waals surface area contributed by atoms with Gasteiger partial charge in [0.25, 0.3) is 0 Å². The third kappa shape index (κ3) is 6.91. The van der Waals surface area contributed by atoms with Crippen molar-refractivity contribution in [3.05, 3.63) is 0 Å². The number of hydrogen-bond donors (Lipinski definition) is 3. The zero-order valence-corrected chi connectivity index (χ0v) is 12.7. The van der Waals surface area contributed by atoms with Gasteiger partial charge >= 0.3 is 5.97 Å². The average Bonchev–Trinajstić information content (AvgIpc) is 2.33. The minimum absolute atomic E-state index is 0.175. The molecule has 3 N–H and O–H groups in total. The van der Waals surface area contributed by atoms with E-state index in [0.717, 1.165) is 6.29 Å². The average molecular weight is 292 g/mol. The molecule has 0 aliphatic rings. The largest absolute Gasteiger partial charge is 0.480 e. The Labute approximate surface area is 118 Å². The quantitative estimate of drug-likeness (QED) is 0.386. The van der Waals surface area contributed by atoms with E-state index in [1.54, 1.807) is 37.6 Å². The molecular weight excluding hydrogens is 268 g/mol. The summed E-state index contributed by atoms with van der Waals surface area (Å²) in [6, 6.07) is -0.782. The maximum absolute atomic E-state index is 11.0. The fourth-order valence-electron chi connectivity index (χ4n) is 1.38. The van der Waals surface area contributed by atoms with Crippen molar-refractivity contribution < 1.29 is 19.8 Å². The molecule has 0 saturated heterocycles. The molecule has 0 aromatic rings. The molecule has 0 aliphatic heterocycles. The van der Waals surface area contributed by atoms with Gasteiger partial charge in [-0.25, -0.2) is 0 Å². The Kier molecular flexibility index (Phi) is 8.24. The minimum Gasteiger partial charge on any atom is -0.480 e. The summed E-state index contributed by atoms with van der Waals surface area (Å²) in [5, 5.41) is 21.6. The molecule has 6 nitrogen and oxygen atoms in total. The van der Waals surface area contributed by atoms with Crippen molar-refractivity contribution in [2.45, 2.75) is 38.1 Å². The normalized spacial score (nSPS) is 15.3. The first-order valence-electron chi connectivity index (χ1n) is 6.08. The van der Waals surface area contributed by atoms with Gasteiger partial charge in [0.05, 0.1) is 5.54 Å². The summed E-state index contributed by atoms with van der Waals surface area (Å²) in [7, 11) is 1.71. The van der Waals surface area contributed by atoms with Crippen molar-refractivity contribution in [3.63, 3.8) is 0 Å². The molecule has 19 heavy (non-hydrogen) atoms. The molecule has 0 aromatic carbocycles. The van der Waals surface area contributed by atoms with Crippen LogP contribution in [0, 0.1) is 0 Å². The second-order valence-electron chi connectivity index (χ2n) is 5.01. The predicted molar refractivity (Wildman–Crippen MR) is 76.3 cm³/mol. The predicted octanol–water partition coefficient (Wildman–Crippen LogP) is 0.0100. The number of carboxylic acid groups (broad SMARTS) is 1. The maximum atomic E-state index is 11.0. The van der Waals surface area contributed by atoms with Crippen LogP contribution in [0.15, 0.2) is 0 Å². The van der Waals surface area contributed by atoms with Crippen LogP contribution in [-0.4, -0.2) is 70.8 Å². The molecular formula is C12H24N2O4S. The number of nitrogens with zero attached hydrogens (tertiary/aromatic N) is 1. The molecule has 0 spiro atoms. The first-order chi connectivity index (χ1) is 8.74.